The van der Waals surface area contributed by atoms with Crippen molar-refractivity contribution in [3.8, 4) is 11.5 Å². The number of amides is 1. The van der Waals surface area contributed by atoms with Gasteiger partial charge in [-0.1, -0.05) is 16.6 Å². The molecule has 1 amide bonds. The zero-order valence-electron chi connectivity index (χ0n) is 15.1. The molecule has 2 aromatic rings. The van der Waals surface area contributed by atoms with Crippen molar-refractivity contribution in [2.45, 2.75) is 23.0 Å². The second-order valence-electron chi connectivity index (χ2n) is 6.34. The number of sulfone groups is 1. The Kier molecular flexibility index (Phi) is 5.95. The lowest BCUT2D eigenvalue weighted by molar-refractivity contribution is -0.134. The van der Waals surface area contributed by atoms with Gasteiger partial charge in [-0.05, 0) is 25.0 Å². The molecule has 146 valence electrons. The van der Waals surface area contributed by atoms with E-state index in [1.807, 2.05) is 6.07 Å². The largest absolute Gasteiger partial charge is 0.493 e. The number of nitrogens with zero attached hydrogens (tertiary/aromatic N) is 3. The molecule has 0 unspecified atom stereocenters. The first-order chi connectivity index (χ1) is 12.9. The van der Waals surface area contributed by atoms with Gasteiger partial charge in [0.05, 0.1) is 12.8 Å². The van der Waals surface area contributed by atoms with Crippen LogP contribution in [0.25, 0.3) is 0 Å². The summed E-state index contributed by atoms with van der Waals surface area (Å²) in [6.07, 6.45) is 2.69. The summed E-state index contributed by atoms with van der Waals surface area (Å²) in [6, 6.07) is 7.13. The maximum atomic E-state index is 12.6. The Hall–Kier alpha value is -2.20. The van der Waals surface area contributed by atoms with Gasteiger partial charge in [0.25, 0.3) is 5.91 Å². The predicted octanol–water partition coefficient (Wildman–Crippen LogP) is 1.74. The number of benzene rings is 1. The van der Waals surface area contributed by atoms with E-state index in [1.54, 1.807) is 30.2 Å². The average Bonchev–Trinajstić information content (AvgIpc) is 3.17. The number of para-hydroxylation sites is 2. The van der Waals surface area contributed by atoms with E-state index in [9.17, 15) is 13.2 Å². The standard InChI is InChI=1S/C17H21N3O5S2/c1-24-13-7-3-4-8-14(13)25-11-15(21)20-9-5-6-12(10-20)16-17(26-19-18-16)27(2,22)23/h3-4,7-8,12H,5-6,9-11H2,1-2H3/t12-/m1/s1. The van der Waals surface area contributed by atoms with Crippen molar-refractivity contribution in [1.82, 2.24) is 14.5 Å². The quantitative estimate of drug-likeness (QED) is 0.714. The van der Waals surface area contributed by atoms with Crippen molar-refractivity contribution >= 4 is 27.3 Å². The number of methoxy groups -OCH3 is 1. The first-order valence-corrected chi connectivity index (χ1v) is 11.1. The summed E-state index contributed by atoms with van der Waals surface area (Å²) in [7, 11) is -1.84. The minimum atomic E-state index is -3.38. The molecule has 1 aliphatic rings. The number of hydrogen-bond acceptors (Lipinski definition) is 8. The molecule has 0 spiro atoms. The van der Waals surface area contributed by atoms with E-state index < -0.39 is 9.84 Å². The Morgan fingerprint density at radius 1 is 1.33 bits per heavy atom. The fourth-order valence-corrected chi connectivity index (χ4v) is 4.82. The Morgan fingerprint density at radius 2 is 2.07 bits per heavy atom. The van der Waals surface area contributed by atoms with Crippen LogP contribution in [0.5, 0.6) is 11.5 Å². The Morgan fingerprint density at radius 3 is 2.78 bits per heavy atom. The summed E-state index contributed by atoms with van der Waals surface area (Å²) in [4.78, 5) is 14.3. The van der Waals surface area contributed by atoms with E-state index in [4.69, 9.17) is 9.47 Å². The van der Waals surface area contributed by atoms with Gasteiger partial charge in [-0.15, -0.1) is 5.10 Å². The van der Waals surface area contributed by atoms with Crippen molar-refractivity contribution in [3.05, 3.63) is 30.0 Å². The predicted molar refractivity (Wildman–Crippen MR) is 100 cm³/mol. The first-order valence-electron chi connectivity index (χ1n) is 8.46. The number of hydrogen-bond donors (Lipinski definition) is 0. The van der Waals surface area contributed by atoms with Crippen LogP contribution in [-0.2, 0) is 14.6 Å². The summed E-state index contributed by atoms with van der Waals surface area (Å²) in [5.41, 5.74) is 0.464. The minimum Gasteiger partial charge on any atom is -0.493 e. The molecule has 3 rings (SSSR count). The number of aromatic nitrogens is 2. The highest BCUT2D eigenvalue weighted by atomic mass is 32.2. The number of carbonyl (C=O) groups is 1. The third kappa shape index (κ3) is 4.56. The number of piperidine rings is 1. The van der Waals surface area contributed by atoms with E-state index >= 15 is 0 Å². The van der Waals surface area contributed by atoms with E-state index in [0.29, 0.717) is 30.3 Å². The summed E-state index contributed by atoms with van der Waals surface area (Å²) >= 11 is 0.880. The lowest BCUT2D eigenvalue weighted by atomic mass is 9.95. The Balaban J connectivity index is 1.66. The molecule has 2 heterocycles. The van der Waals surface area contributed by atoms with Crippen LogP contribution in [-0.4, -0.2) is 61.9 Å². The normalized spacial score (nSPS) is 17.6. The molecule has 1 saturated heterocycles. The molecule has 10 heteroatoms. The fraction of sp³-hybridized carbons (Fsp3) is 0.471. The smallest absolute Gasteiger partial charge is 0.260 e. The molecule has 1 aromatic heterocycles. The van der Waals surface area contributed by atoms with Crippen LogP contribution in [0, 0.1) is 0 Å². The van der Waals surface area contributed by atoms with Crippen LogP contribution in [0.2, 0.25) is 0 Å². The van der Waals surface area contributed by atoms with E-state index in [1.165, 1.54) is 0 Å². The Labute approximate surface area is 162 Å². The van der Waals surface area contributed by atoms with Crippen molar-refractivity contribution < 1.29 is 22.7 Å². The van der Waals surface area contributed by atoms with Gasteiger partial charge in [0.15, 0.2) is 32.2 Å². The van der Waals surface area contributed by atoms with Gasteiger partial charge in [0.1, 0.15) is 0 Å². The monoisotopic (exact) mass is 411 g/mol. The number of carbonyl (C=O) groups excluding carboxylic acids is 1. The summed E-state index contributed by atoms with van der Waals surface area (Å²) in [5.74, 6) is 0.769. The summed E-state index contributed by atoms with van der Waals surface area (Å²) in [5, 5.41) is 4.02. The molecule has 1 atom stereocenters. The molecular weight excluding hydrogens is 390 g/mol. The molecule has 1 aromatic carbocycles. The molecule has 1 fully saturated rings. The van der Waals surface area contributed by atoms with Crippen LogP contribution >= 0.6 is 11.5 Å². The molecule has 0 saturated carbocycles. The zero-order chi connectivity index (χ0) is 19.4. The lowest BCUT2D eigenvalue weighted by Crippen LogP contribution is -2.41. The van der Waals surface area contributed by atoms with Crippen molar-refractivity contribution in [2.75, 3.05) is 33.1 Å². The molecule has 0 N–H and O–H groups in total. The van der Waals surface area contributed by atoms with Crippen molar-refractivity contribution in [1.29, 1.82) is 0 Å². The van der Waals surface area contributed by atoms with Crippen LogP contribution in [0.4, 0.5) is 0 Å². The zero-order valence-corrected chi connectivity index (χ0v) is 16.8. The van der Waals surface area contributed by atoms with E-state index in [-0.39, 0.29) is 22.6 Å². The van der Waals surface area contributed by atoms with Crippen LogP contribution in [0.15, 0.2) is 28.5 Å². The molecule has 0 aliphatic carbocycles. The highest BCUT2D eigenvalue weighted by Gasteiger charge is 2.31. The topological polar surface area (TPSA) is 98.7 Å². The van der Waals surface area contributed by atoms with E-state index in [2.05, 4.69) is 9.59 Å². The number of ether oxygens (including phenoxy) is 2. The van der Waals surface area contributed by atoms with Crippen LogP contribution < -0.4 is 9.47 Å². The molecular formula is C17H21N3O5S2. The van der Waals surface area contributed by atoms with Gasteiger partial charge in [-0.25, -0.2) is 8.42 Å². The SMILES string of the molecule is COc1ccccc1OCC(=O)N1CCC[C@@H](c2nnsc2S(C)(=O)=O)C1. The molecule has 8 nitrogen and oxygen atoms in total. The molecule has 1 aliphatic heterocycles. The lowest BCUT2D eigenvalue weighted by Gasteiger charge is -2.32. The molecule has 0 radical (unpaired) electrons. The highest BCUT2D eigenvalue weighted by Crippen LogP contribution is 2.32. The van der Waals surface area contributed by atoms with Crippen molar-refractivity contribution in [2.24, 2.45) is 0 Å². The highest BCUT2D eigenvalue weighted by molar-refractivity contribution is 7.92. The molecule has 0 bridgehead atoms. The van der Waals surface area contributed by atoms with Crippen LogP contribution in [0.3, 0.4) is 0 Å². The first kappa shape index (κ1) is 19.6. The van der Waals surface area contributed by atoms with Gasteiger partial charge in [0.2, 0.25) is 0 Å². The van der Waals surface area contributed by atoms with Gasteiger partial charge in [-0.3, -0.25) is 4.79 Å². The van der Waals surface area contributed by atoms with Gasteiger partial charge in [0, 0.05) is 36.8 Å². The minimum absolute atomic E-state index is 0.110. The fourth-order valence-electron chi connectivity index (χ4n) is 3.09. The maximum absolute atomic E-state index is 12.6. The van der Waals surface area contributed by atoms with Gasteiger partial charge in [-0.2, -0.15) is 0 Å². The number of likely N-dealkylation sites (tertiary alicyclic amines) is 1. The summed E-state index contributed by atoms with van der Waals surface area (Å²) < 4.78 is 38.6. The third-order valence-corrected chi connectivity index (χ3v) is 6.95. The average molecular weight is 412 g/mol. The van der Waals surface area contributed by atoms with Gasteiger partial charge < -0.3 is 14.4 Å². The summed E-state index contributed by atoms with van der Waals surface area (Å²) in [6.45, 7) is 0.903. The van der Waals surface area contributed by atoms with Crippen molar-refractivity contribution in [3.63, 3.8) is 0 Å². The maximum Gasteiger partial charge on any atom is 0.260 e. The van der Waals surface area contributed by atoms with Crippen LogP contribution in [0.1, 0.15) is 24.5 Å². The molecule has 27 heavy (non-hydrogen) atoms. The van der Waals surface area contributed by atoms with E-state index in [0.717, 1.165) is 30.6 Å². The second-order valence-corrected chi connectivity index (χ2v) is 9.30. The Bertz CT molecular complexity index is 913. The number of rotatable bonds is 6. The van der Waals surface area contributed by atoms with Gasteiger partial charge >= 0.3 is 0 Å². The second kappa shape index (κ2) is 8.22. The third-order valence-electron chi connectivity index (χ3n) is 4.40.